The molecule has 0 N–H and O–H groups in total. The van der Waals surface area contributed by atoms with Crippen LogP contribution in [0.5, 0.6) is 0 Å². The Morgan fingerprint density at radius 2 is 1.91 bits per heavy atom. The van der Waals surface area contributed by atoms with E-state index in [0.29, 0.717) is 6.07 Å². The maximum atomic E-state index is 14.1. The zero-order chi connectivity index (χ0) is 16.8. The highest BCUT2D eigenvalue weighted by molar-refractivity contribution is 5.90. The molecule has 23 heavy (non-hydrogen) atoms. The number of alkyl halides is 3. The van der Waals surface area contributed by atoms with E-state index >= 15 is 0 Å². The van der Waals surface area contributed by atoms with Gasteiger partial charge in [0, 0.05) is 12.6 Å². The minimum atomic E-state index is -4.65. The van der Waals surface area contributed by atoms with Gasteiger partial charge in [0.25, 0.3) is 5.56 Å². The number of hydrogen-bond acceptors (Lipinski definition) is 4. The molecule has 0 radical (unpaired) electrons. The molecular formula is C14H8F4N4O. The van der Waals surface area contributed by atoms with E-state index in [1.807, 2.05) is 0 Å². The SMILES string of the molecule is Cn1ncc2c(-c3ccc(C(F)(F)F)cc3F)ncnc2c1=O. The molecular weight excluding hydrogens is 316 g/mol. The molecule has 118 valence electrons. The molecule has 0 fully saturated rings. The molecule has 5 nitrogen and oxygen atoms in total. The Kier molecular flexibility index (Phi) is 3.35. The smallest absolute Gasteiger partial charge is 0.265 e. The van der Waals surface area contributed by atoms with Gasteiger partial charge in [-0.3, -0.25) is 4.79 Å². The summed E-state index contributed by atoms with van der Waals surface area (Å²) in [5, 5.41) is 3.96. The molecule has 0 spiro atoms. The van der Waals surface area contributed by atoms with Crippen molar-refractivity contribution >= 4 is 10.9 Å². The summed E-state index contributed by atoms with van der Waals surface area (Å²) < 4.78 is 53.0. The van der Waals surface area contributed by atoms with Gasteiger partial charge in [0.1, 0.15) is 17.7 Å². The predicted molar refractivity (Wildman–Crippen MR) is 73.0 cm³/mol. The molecule has 0 amide bonds. The Hall–Kier alpha value is -2.84. The number of nitrogens with zero attached hydrogens (tertiary/aromatic N) is 4. The fourth-order valence-electron chi connectivity index (χ4n) is 2.14. The average molecular weight is 324 g/mol. The standard InChI is InChI=1S/C14H8F4N4O/c1-22-13(23)12-9(5-21-22)11(19-6-20-12)8-3-2-7(4-10(8)15)14(16,17)18/h2-6H,1H3. The summed E-state index contributed by atoms with van der Waals surface area (Å²) in [7, 11) is 1.42. The largest absolute Gasteiger partial charge is 0.416 e. The fourth-order valence-corrected chi connectivity index (χ4v) is 2.14. The van der Waals surface area contributed by atoms with Crippen molar-refractivity contribution in [2.75, 3.05) is 0 Å². The van der Waals surface area contributed by atoms with Gasteiger partial charge >= 0.3 is 6.18 Å². The molecule has 0 saturated heterocycles. The van der Waals surface area contributed by atoms with Crippen molar-refractivity contribution in [3.63, 3.8) is 0 Å². The van der Waals surface area contributed by atoms with E-state index in [9.17, 15) is 22.4 Å². The van der Waals surface area contributed by atoms with Crippen molar-refractivity contribution in [2.45, 2.75) is 6.18 Å². The number of fused-ring (bicyclic) bond motifs is 1. The Morgan fingerprint density at radius 1 is 1.17 bits per heavy atom. The van der Waals surface area contributed by atoms with Crippen LogP contribution in [-0.4, -0.2) is 19.7 Å². The third-order valence-electron chi connectivity index (χ3n) is 3.29. The summed E-state index contributed by atoms with van der Waals surface area (Å²) in [5.74, 6) is -1.10. The van der Waals surface area contributed by atoms with Crippen LogP contribution >= 0.6 is 0 Å². The molecule has 0 aliphatic rings. The summed E-state index contributed by atoms with van der Waals surface area (Å²) in [6.07, 6.45) is -2.33. The van der Waals surface area contributed by atoms with Gasteiger partial charge in [-0.05, 0) is 18.2 Å². The zero-order valence-electron chi connectivity index (χ0n) is 11.6. The first-order valence-corrected chi connectivity index (χ1v) is 6.33. The Morgan fingerprint density at radius 3 is 2.57 bits per heavy atom. The number of hydrogen-bond donors (Lipinski definition) is 0. The first-order chi connectivity index (χ1) is 10.8. The molecule has 0 bridgehead atoms. The van der Waals surface area contributed by atoms with Crippen LogP contribution in [0.3, 0.4) is 0 Å². The van der Waals surface area contributed by atoms with Gasteiger partial charge in [0.2, 0.25) is 0 Å². The van der Waals surface area contributed by atoms with Gasteiger partial charge in [-0.1, -0.05) is 0 Å². The van der Waals surface area contributed by atoms with E-state index in [-0.39, 0.29) is 22.2 Å². The molecule has 9 heteroatoms. The number of aromatic nitrogens is 4. The number of aryl methyl sites for hydroxylation is 1. The third kappa shape index (κ3) is 2.54. The van der Waals surface area contributed by atoms with Crippen LogP contribution in [0.4, 0.5) is 17.6 Å². The van der Waals surface area contributed by atoms with Crippen molar-refractivity contribution < 1.29 is 17.6 Å². The highest BCUT2D eigenvalue weighted by atomic mass is 19.4. The van der Waals surface area contributed by atoms with Gasteiger partial charge < -0.3 is 0 Å². The second-order valence-electron chi connectivity index (χ2n) is 4.75. The second-order valence-corrected chi connectivity index (χ2v) is 4.75. The van der Waals surface area contributed by atoms with E-state index in [4.69, 9.17) is 0 Å². The molecule has 0 atom stereocenters. The second kappa shape index (κ2) is 5.11. The topological polar surface area (TPSA) is 60.7 Å². The number of benzene rings is 1. The molecule has 3 rings (SSSR count). The lowest BCUT2D eigenvalue weighted by Crippen LogP contribution is -2.20. The molecule has 2 heterocycles. The first-order valence-electron chi connectivity index (χ1n) is 6.33. The van der Waals surface area contributed by atoms with Gasteiger partial charge in [-0.2, -0.15) is 18.3 Å². The van der Waals surface area contributed by atoms with Crippen molar-refractivity contribution in [3.05, 3.63) is 52.5 Å². The lowest BCUT2D eigenvalue weighted by Gasteiger charge is -2.10. The molecule has 1 aromatic carbocycles. The maximum absolute atomic E-state index is 14.1. The predicted octanol–water partition coefficient (Wildman–Crippen LogP) is 2.55. The Labute approximate surface area is 126 Å². The summed E-state index contributed by atoms with van der Waals surface area (Å²) in [6.45, 7) is 0. The molecule has 0 saturated carbocycles. The Balaban J connectivity index is 2.26. The average Bonchev–Trinajstić information content (AvgIpc) is 2.50. The zero-order valence-corrected chi connectivity index (χ0v) is 11.6. The van der Waals surface area contributed by atoms with E-state index in [0.717, 1.165) is 23.1 Å². The summed E-state index contributed by atoms with van der Waals surface area (Å²) >= 11 is 0. The van der Waals surface area contributed by atoms with Crippen molar-refractivity contribution in [1.29, 1.82) is 0 Å². The summed E-state index contributed by atoms with van der Waals surface area (Å²) in [6, 6.07) is 2.11. The third-order valence-corrected chi connectivity index (χ3v) is 3.29. The Bertz CT molecular complexity index is 965. The molecule has 2 aromatic heterocycles. The van der Waals surface area contributed by atoms with E-state index < -0.39 is 23.1 Å². The molecule has 0 aliphatic carbocycles. The van der Waals surface area contributed by atoms with Gasteiger partial charge in [-0.15, -0.1) is 0 Å². The van der Waals surface area contributed by atoms with Gasteiger partial charge in [0.05, 0.1) is 22.8 Å². The lowest BCUT2D eigenvalue weighted by molar-refractivity contribution is -0.137. The molecule has 0 unspecified atom stereocenters. The fraction of sp³-hybridized carbons (Fsp3) is 0.143. The highest BCUT2D eigenvalue weighted by Gasteiger charge is 2.31. The van der Waals surface area contributed by atoms with E-state index in [1.54, 1.807) is 0 Å². The van der Waals surface area contributed by atoms with Crippen LogP contribution in [0, 0.1) is 5.82 Å². The van der Waals surface area contributed by atoms with Crippen LogP contribution in [0.1, 0.15) is 5.56 Å². The van der Waals surface area contributed by atoms with Gasteiger partial charge in [0.15, 0.2) is 0 Å². The van der Waals surface area contributed by atoms with Crippen molar-refractivity contribution in [3.8, 4) is 11.3 Å². The molecule has 3 aromatic rings. The minimum Gasteiger partial charge on any atom is -0.265 e. The van der Waals surface area contributed by atoms with Crippen LogP contribution < -0.4 is 5.56 Å². The van der Waals surface area contributed by atoms with Crippen molar-refractivity contribution in [2.24, 2.45) is 7.05 Å². The summed E-state index contributed by atoms with van der Waals surface area (Å²) in [4.78, 5) is 19.7. The van der Waals surface area contributed by atoms with Crippen LogP contribution in [0.2, 0.25) is 0 Å². The summed E-state index contributed by atoms with van der Waals surface area (Å²) in [5.41, 5.74) is -1.77. The monoisotopic (exact) mass is 324 g/mol. The van der Waals surface area contributed by atoms with Crippen LogP contribution in [-0.2, 0) is 13.2 Å². The normalized spacial score (nSPS) is 11.9. The van der Waals surface area contributed by atoms with Gasteiger partial charge in [-0.25, -0.2) is 19.0 Å². The van der Waals surface area contributed by atoms with Crippen molar-refractivity contribution in [1.82, 2.24) is 19.7 Å². The highest BCUT2D eigenvalue weighted by Crippen LogP contribution is 2.33. The van der Waals surface area contributed by atoms with Crippen LogP contribution in [0.25, 0.3) is 22.2 Å². The lowest BCUT2D eigenvalue weighted by atomic mass is 10.1. The van der Waals surface area contributed by atoms with Crippen LogP contribution in [0.15, 0.2) is 35.5 Å². The quantitative estimate of drug-likeness (QED) is 0.646. The van der Waals surface area contributed by atoms with E-state index in [2.05, 4.69) is 15.1 Å². The first kappa shape index (κ1) is 15.1. The van der Waals surface area contributed by atoms with E-state index in [1.165, 1.54) is 13.2 Å². The minimum absolute atomic E-state index is 0.00595. The molecule has 0 aliphatic heterocycles. The number of halogens is 4. The maximum Gasteiger partial charge on any atom is 0.416 e. The number of rotatable bonds is 1.